The summed E-state index contributed by atoms with van der Waals surface area (Å²) in [5, 5.41) is 10.0. The van der Waals surface area contributed by atoms with Gasteiger partial charge in [0.1, 0.15) is 12.2 Å². The third kappa shape index (κ3) is 3.01. The summed E-state index contributed by atoms with van der Waals surface area (Å²) in [6.07, 6.45) is -4.40. The highest BCUT2D eigenvalue weighted by molar-refractivity contribution is 8.00. The van der Waals surface area contributed by atoms with Gasteiger partial charge in [-0.1, -0.05) is 0 Å². The van der Waals surface area contributed by atoms with Crippen LogP contribution >= 0.6 is 7.15 Å². The van der Waals surface area contributed by atoms with Gasteiger partial charge in [0.05, 0.1) is 12.9 Å². The monoisotopic (exact) mass is 365 g/mol. The quantitative estimate of drug-likeness (QED) is 0.491. The molecule has 1 saturated heterocycles. The van der Waals surface area contributed by atoms with E-state index in [9.17, 15) is 14.3 Å². The van der Waals surface area contributed by atoms with Crippen LogP contribution in [0.1, 0.15) is 6.23 Å². The molecule has 0 aliphatic carbocycles. The van der Waals surface area contributed by atoms with Gasteiger partial charge >= 0.3 is 0 Å². The normalized spacial score (nSPS) is 29.2. The number of aliphatic hydroxyl groups is 1. The van der Waals surface area contributed by atoms with Gasteiger partial charge in [0.15, 0.2) is 30.7 Å². The topological polar surface area (TPSA) is 149 Å². The Morgan fingerprint density at radius 3 is 3.09 bits per heavy atom. The molecule has 0 radical (unpaired) electrons. The van der Waals surface area contributed by atoms with Gasteiger partial charge in [-0.05, 0) is 11.8 Å². The van der Waals surface area contributed by atoms with Crippen molar-refractivity contribution in [3.8, 4) is 0 Å². The first-order valence-electron chi connectivity index (χ1n) is 6.44. The number of imidazole rings is 1. The maximum atomic E-state index is 14.1. The summed E-state index contributed by atoms with van der Waals surface area (Å²) in [6, 6.07) is 0. The Bertz CT molecular complexity index is 815. The summed E-state index contributed by atoms with van der Waals surface area (Å²) >= 11 is 4.50. The van der Waals surface area contributed by atoms with Gasteiger partial charge in [-0.2, -0.15) is 4.98 Å². The Balaban J connectivity index is 1.93. The molecule has 3 heterocycles. The SMILES string of the molecule is Nc1nc2c(ncn2[C@@H]2O[C@H](CO[PH](O)=S)[C@H](F)C2O)c(=O)[nH]1. The number of alkyl halides is 1. The number of rotatable bonds is 4. The number of halogens is 1. The van der Waals surface area contributed by atoms with Gasteiger partial charge in [0.2, 0.25) is 5.95 Å². The lowest BCUT2D eigenvalue weighted by atomic mass is 10.1. The molecule has 2 unspecified atom stereocenters. The van der Waals surface area contributed by atoms with Crippen molar-refractivity contribution in [1.29, 1.82) is 0 Å². The maximum Gasteiger partial charge on any atom is 0.280 e. The minimum absolute atomic E-state index is 0.0171. The number of ether oxygens (including phenoxy) is 1. The van der Waals surface area contributed by atoms with E-state index in [-0.39, 0.29) is 23.7 Å². The number of nitrogens with one attached hydrogen (secondary N) is 1. The molecule has 2 aromatic heterocycles. The molecule has 0 saturated carbocycles. The first-order chi connectivity index (χ1) is 10.9. The highest BCUT2D eigenvalue weighted by atomic mass is 32.4. The zero-order chi connectivity index (χ0) is 16.7. The van der Waals surface area contributed by atoms with Gasteiger partial charge in [0, 0.05) is 0 Å². The van der Waals surface area contributed by atoms with Crippen LogP contribution in [-0.2, 0) is 21.1 Å². The van der Waals surface area contributed by atoms with Crippen LogP contribution in [0.5, 0.6) is 0 Å². The van der Waals surface area contributed by atoms with Gasteiger partial charge < -0.3 is 25.0 Å². The highest BCUT2D eigenvalue weighted by Crippen LogP contribution is 2.34. The second-order valence-electron chi connectivity index (χ2n) is 4.85. The number of hydrogen-bond donors (Lipinski definition) is 4. The van der Waals surface area contributed by atoms with E-state index in [0.717, 1.165) is 0 Å². The third-order valence-corrected chi connectivity index (χ3v) is 4.15. The zero-order valence-electron chi connectivity index (χ0n) is 11.4. The van der Waals surface area contributed by atoms with Gasteiger partial charge in [-0.15, -0.1) is 0 Å². The number of H-pyrrole nitrogens is 1. The molecular formula is C10H13FN5O5PS. The van der Waals surface area contributed by atoms with Crippen LogP contribution in [0.4, 0.5) is 10.3 Å². The Morgan fingerprint density at radius 2 is 2.39 bits per heavy atom. The van der Waals surface area contributed by atoms with Crippen molar-refractivity contribution >= 4 is 36.1 Å². The minimum Gasteiger partial charge on any atom is -0.385 e. The average Bonchev–Trinajstić information content (AvgIpc) is 3.00. The van der Waals surface area contributed by atoms with Crippen molar-refractivity contribution in [2.75, 3.05) is 12.3 Å². The van der Waals surface area contributed by atoms with E-state index < -0.39 is 37.3 Å². The smallest absolute Gasteiger partial charge is 0.280 e. The number of fused-ring (bicyclic) bond motifs is 1. The van der Waals surface area contributed by atoms with E-state index in [0.29, 0.717) is 0 Å². The third-order valence-electron chi connectivity index (χ3n) is 3.38. The predicted octanol–water partition coefficient (Wildman–Crippen LogP) is -1.19. The highest BCUT2D eigenvalue weighted by Gasteiger charge is 2.46. The van der Waals surface area contributed by atoms with Crippen LogP contribution in [0.3, 0.4) is 0 Å². The van der Waals surface area contributed by atoms with Gasteiger partial charge in [0.25, 0.3) is 5.56 Å². The number of aromatic nitrogens is 4. The first kappa shape index (κ1) is 16.4. The van der Waals surface area contributed by atoms with E-state index >= 15 is 0 Å². The van der Waals surface area contributed by atoms with Crippen molar-refractivity contribution in [3.05, 3.63) is 16.7 Å². The van der Waals surface area contributed by atoms with Crippen molar-refractivity contribution in [2.24, 2.45) is 0 Å². The summed E-state index contributed by atoms with van der Waals surface area (Å²) in [5.41, 5.74) is 4.96. The molecule has 23 heavy (non-hydrogen) atoms. The van der Waals surface area contributed by atoms with E-state index in [1.54, 1.807) is 0 Å². The predicted molar refractivity (Wildman–Crippen MR) is 81.2 cm³/mol. The first-order valence-corrected chi connectivity index (χ1v) is 8.93. The molecule has 5 atom stereocenters. The molecule has 13 heteroatoms. The molecule has 5 N–H and O–H groups in total. The lowest BCUT2D eigenvalue weighted by molar-refractivity contribution is -0.0457. The minimum atomic E-state index is -2.42. The summed E-state index contributed by atoms with van der Waals surface area (Å²) in [5.74, 6) is -0.146. The van der Waals surface area contributed by atoms with Gasteiger partial charge in [-0.25, -0.2) is 9.37 Å². The number of nitrogen functional groups attached to an aromatic ring is 1. The molecular weight excluding hydrogens is 352 g/mol. The van der Waals surface area contributed by atoms with E-state index in [1.807, 2.05) is 0 Å². The fraction of sp³-hybridized carbons (Fsp3) is 0.500. The molecule has 1 aliphatic heterocycles. The van der Waals surface area contributed by atoms with Crippen molar-refractivity contribution in [2.45, 2.75) is 24.6 Å². The largest absolute Gasteiger partial charge is 0.385 e. The second-order valence-corrected chi connectivity index (χ2v) is 6.72. The molecule has 0 amide bonds. The molecule has 1 fully saturated rings. The number of aliphatic hydroxyl groups excluding tert-OH is 1. The fourth-order valence-corrected chi connectivity index (χ4v) is 2.87. The number of hydrogen-bond acceptors (Lipinski definition) is 8. The number of aromatic amines is 1. The molecule has 126 valence electrons. The van der Waals surface area contributed by atoms with Crippen LogP contribution in [-0.4, -0.2) is 54.5 Å². The van der Waals surface area contributed by atoms with E-state index in [2.05, 4.69) is 26.8 Å². The number of nitrogens with two attached hydrogens (primary N) is 1. The molecule has 0 spiro atoms. The van der Waals surface area contributed by atoms with Crippen molar-refractivity contribution < 1.29 is 23.7 Å². The van der Waals surface area contributed by atoms with Gasteiger partial charge in [-0.3, -0.25) is 14.3 Å². The summed E-state index contributed by atoms with van der Waals surface area (Å²) in [4.78, 5) is 30.8. The van der Waals surface area contributed by atoms with Crippen LogP contribution in [0, 0.1) is 0 Å². The Hall–Kier alpha value is -1.43. The number of nitrogens with zero attached hydrogens (tertiary/aromatic N) is 3. The van der Waals surface area contributed by atoms with Crippen LogP contribution in [0.25, 0.3) is 11.2 Å². The molecule has 0 bridgehead atoms. The lowest BCUT2D eigenvalue weighted by Crippen LogP contribution is -2.29. The maximum absolute atomic E-state index is 14.1. The number of anilines is 1. The zero-order valence-corrected chi connectivity index (χ0v) is 13.2. The molecule has 1 aliphatic rings. The molecule has 10 nitrogen and oxygen atoms in total. The Labute approximate surface area is 133 Å². The Morgan fingerprint density at radius 1 is 1.65 bits per heavy atom. The average molecular weight is 365 g/mol. The second kappa shape index (κ2) is 6.23. The lowest BCUT2D eigenvalue weighted by Gasteiger charge is -2.16. The summed E-state index contributed by atoms with van der Waals surface area (Å²) < 4.78 is 25.6. The molecule has 0 aromatic carbocycles. The van der Waals surface area contributed by atoms with Crippen LogP contribution in [0.2, 0.25) is 0 Å². The Kier molecular flexibility index (Phi) is 4.45. The van der Waals surface area contributed by atoms with Crippen LogP contribution in [0.15, 0.2) is 11.1 Å². The standard InChI is InChI=1S/C10H13FN5O5PS/c11-4-3(1-20-22(19)23)21-9(6(4)17)16-2-13-5-7(16)14-10(12)15-8(5)18/h2-4,6,9,17,22H,1H2,(H,19,23)(H3,12,14,15,18)/t3-,4+,6?,9-/m1/s1. The van der Waals surface area contributed by atoms with Crippen molar-refractivity contribution in [3.63, 3.8) is 0 Å². The van der Waals surface area contributed by atoms with Crippen LogP contribution < -0.4 is 11.3 Å². The molecule has 3 rings (SSSR count). The van der Waals surface area contributed by atoms with Crippen molar-refractivity contribution in [1.82, 2.24) is 19.5 Å². The molecule has 2 aromatic rings. The van der Waals surface area contributed by atoms with E-state index in [4.69, 9.17) is 19.9 Å². The summed E-state index contributed by atoms with van der Waals surface area (Å²) in [7, 11) is -2.42. The summed E-state index contributed by atoms with van der Waals surface area (Å²) in [6.45, 7) is -0.300. The fourth-order valence-electron chi connectivity index (χ4n) is 2.36. The van der Waals surface area contributed by atoms with E-state index in [1.165, 1.54) is 10.9 Å².